The van der Waals surface area contributed by atoms with Crippen molar-refractivity contribution in [2.75, 3.05) is 6.26 Å². The highest BCUT2D eigenvalue weighted by Crippen LogP contribution is 2.43. The number of ether oxygens (including phenoxy) is 1. The lowest BCUT2D eigenvalue weighted by Gasteiger charge is -2.19. The van der Waals surface area contributed by atoms with Crippen molar-refractivity contribution in [3.63, 3.8) is 0 Å². The van der Waals surface area contributed by atoms with E-state index in [9.17, 15) is 12.8 Å². The Morgan fingerprint density at radius 2 is 1.60 bits per heavy atom. The third kappa shape index (κ3) is 3.07. The second kappa shape index (κ2) is 6.81. The summed E-state index contributed by atoms with van der Waals surface area (Å²) in [6.45, 7) is 0.405. The minimum Gasteiger partial charge on any atom is -0.472 e. The van der Waals surface area contributed by atoms with Crippen molar-refractivity contribution in [3.8, 4) is 34.0 Å². The van der Waals surface area contributed by atoms with E-state index in [0.717, 1.165) is 27.9 Å². The Bertz CT molecular complexity index is 1360. The summed E-state index contributed by atoms with van der Waals surface area (Å²) in [5, 5.41) is 4.80. The van der Waals surface area contributed by atoms with Crippen LogP contribution in [-0.2, 0) is 16.4 Å². The molecule has 0 aliphatic carbocycles. The number of benzene rings is 3. The Morgan fingerprint density at radius 1 is 0.933 bits per heavy atom. The Kier molecular flexibility index (Phi) is 4.22. The maximum atomic E-state index is 13.5. The molecule has 0 spiro atoms. The molecule has 1 aromatic heterocycles. The molecule has 150 valence electrons. The Hall–Kier alpha value is -3.45. The van der Waals surface area contributed by atoms with Crippen molar-refractivity contribution in [1.29, 1.82) is 0 Å². The van der Waals surface area contributed by atoms with E-state index in [1.807, 2.05) is 24.3 Å². The molecule has 30 heavy (non-hydrogen) atoms. The van der Waals surface area contributed by atoms with E-state index in [0.29, 0.717) is 18.2 Å². The molecule has 4 aromatic rings. The lowest BCUT2D eigenvalue weighted by Crippen LogP contribution is -2.12. The van der Waals surface area contributed by atoms with Crippen LogP contribution in [0.5, 0.6) is 5.88 Å². The first-order valence-corrected chi connectivity index (χ1v) is 11.2. The highest BCUT2D eigenvalue weighted by Gasteiger charge is 2.27. The monoisotopic (exact) mass is 420 g/mol. The zero-order chi connectivity index (χ0) is 20.9. The Morgan fingerprint density at radius 3 is 2.30 bits per heavy atom. The summed E-state index contributed by atoms with van der Waals surface area (Å²) in [5.41, 5.74) is 4.80. The normalized spacial score (nSPS) is 12.7. The zero-order valence-corrected chi connectivity index (χ0v) is 16.9. The van der Waals surface area contributed by atoms with Crippen LogP contribution in [0.25, 0.3) is 28.1 Å². The summed E-state index contributed by atoms with van der Waals surface area (Å²) < 4.78 is 45.0. The molecule has 5 nitrogen and oxygen atoms in total. The van der Waals surface area contributed by atoms with E-state index in [4.69, 9.17) is 9.84 Å². The fraction of sp³-hybridized carbons (Fsp3) is 0.0870. The SMILES string of the molecule is CS(=O)(=O)c1ccc(-c2nn3c(c2-c2ccc(F)cc2)OCc2ccccc2-3)cc1. The van der Waals surface area contributed by atoms with E-state index < -0.39 is 9.84 Å². The van der Waals surface area contributed by atoms with Gasteiger partial charge in [-0.05, 0) is 35.9 Å². The first kappa shape index (κ1) is 18.6. The van der Waals surface area contributed by atoms with Gasteiger partial charge in [-0.1, -0.05) is 42.5 Å². The molecule has 0 saturated heterocycles. The van der Waals surface area contributed by atoms with Gasteiger partial charge in [-0.15, -0.1) is 0 Å². The van der Waals surface area contributed by atoms with Gasteiger partial charge in [-0.2, -0.15) is 9.78 Å². The molecule has 1 aliphatic rings. The molecule has 3 aromatic carbocycles. The molecular weight excluding hydrogens is 403 g/mol. The van der Waals surface area contributed by atoms with E-state index >= 15 is 0 Å². The minimum atomic E-state index is -3.30. The van der Waals surface area contributed by atoms with Crippen molar-refractivity contribution in [2.45, 2.75) is 11.5 Å². The average molecular weight is 420 g/mol. The fourth-order valence-corrected chi connectivity index (χ4v) is 4.25. The number of fused-ring (bicyclic) bond motifs is 3. The molecular formula is C23H17FN2O3S. The van der Waals surface area contributed by atoms with Crippen molar-refractivity contribution < 1.29 is 17.5 Å². The predicted molar refractivity (Wildman–Crippen MR) is 112 cm³/mol. The summed E-state index contributed by atoms with van der Waals surface area (Å²) in [7, 11) is -3.30. The van der Waals surface area contributed by atoms with Crippen molar-refractivity contribution >= 4 is 9.84 Å². The number of sulfone groups is 1. The summed E-state index contributed by atoms with van der Waals surface area (Å²) in [6.07, 6.45) is 1.17. The molecule has 0 N–H and O–H groups in total. The fourth-order valence-electron chi connectivity index (χ4n) is 3.62. The van der Waals surface area contributed by atoms with Crippen LogP contribution in [0.1, 0.15) is 5.56 Å². The summed E-state index contributed by atoms with van der Waals surface area (Å²) in [6, 6.07) is 20.6. The third-order valence-electron chi connectivity index (χ3n) is 5.12. The van der Waals surface area contributed by atoms with E-state index in [1.54, 1.807) is 41.1 Å². The van der Waals surface area contributed by atoms with Gasteiger partial charge >= 0.3 is 0 Å². The zero-order valence-electron chi connectivity index (χ0n) is 16.0. The van der Waals surface area contributed by atoms with Crippen LogP contribution >= 0.6 is 0 Å². The number of halogens is 1. The lowest BCUT2D eigenvalue weighted by atomic mass is 10.0. The van der Waals surface area contributed by atoms with Crippen LogP contribution in [0.3, 0.4) is 0 Å². The topological polar surface area (TPSA) is 61.2 Å². The van der Waals surface area contributed by atoms with Gasteiger partial charge in [-0.3, -0.25) is 0 Å². The maximum Gasteiger partial charge on any atom is 0.225 e. The van der Waals surface area contributed by atoms with Crippen LogP contribution in [-0.4, -0.2) is 24.5 Å². The second-order valence-electron chi connectivity index (χ2n) is 7.16. The van der Waals surface area contributed by atoms with Gasteiger partial charge in [0.2, 0.25) is 5.88 Å². The number of aromatic nitrogens is 2. The van der Waals surface area contributed by atoms with Crippen LogP contribution in [0.4, 0.5) is 4.39 Å². The number of hydrogen-bond donors (Lipinski definition) is 0. The molecule has 0 bridgehead atoms. The molecule has 5 rings (SSSR count). The van der Waals surface area contributed by atoms with E-state index in [1.165, 1.54) is 18.4 Å². The number of rotatable bonds is 3. The van der Waals surface area contributed by atoms with Gasteiger partial charge in [0.15, 0.2) is 9.84 Å². The van der Waals surface area contributed by atoms with Gasteiger partial charge in [0, 0.05) is 17.4 Å². The smallest absolute Gasteiger partial charge is 0.225 e. The van der Waals surface area contributed by atoms with Gasteiger partial charge in [0.1, 0.15) is 18.1 Å². The highest BCUT2D eigenvalue weighted by molar-refractivity contribution is 7.90. The van der Waals surface area contributed by atoms with E-state index in [-0.39, 0.29) is 10.7 Å². The second-order valence-corrected chi connectivity index (χ2v) is 9.18. The molecule has 0 atom stereocenters. The molecule has 7 heteroatoms. The third-order valence-corrected chi connectivity index (χ3v) is 6.24. The lowest BCUT2D eigenvalue weighted by molar-refractivity contribution is 0.272. The standard InChI is InChI=1S/C23H17FN2O3S/c1-30(27,28)19-12-8-16(9-13-19)22-21(15-6-10-18(24)11-7-15)23-26(25-22)20-5-3-2-4-17(20)14-29-23/h2-13H,14H2,1H3. The van der Waals surface area contributed by atoms with Crippen LogP contribution in [0, 0.1) is 5.82 Å². The average Bonchev–Trinajstić information content (AvgIpc) is 3.14. The maximum absolute atomic E-state index is 13.5. The number of para-hydroxylation sites is 1. The summed E-state index contributed by atoms with van der Waals surface area (Å²) in [4.78, 5) is 0.236. The first-order valence-electron chi connectivity index (χ1n) is 9.32. The van der Waals surface area contributed by atoms with Crippen LogP contribution in [0.2, 0.25) is 0 Å². The minimum absolute atomic E-state index is 0.236. The van der Waals surface area contributed by atoms with Gasteiger partial charge < -0.3 is 4.74 Å². The van der Waals surface area contributed by atoms with Crippen molar-refractivity contribution in [1.82, 2.24) is 9.78 Å². The van der Waals surface area contributed by atoms with Gasteiger partial charge in [0.05, 0.1) is 16.1 Å². The molecule has 0 amide bonds. The molecule has 1 aliphatic heterocycles. The molecule has 0 radical (unpaired) electrons. The van der Waals surface area contributed by atoms with E-state index in [2.05, 4.69) is 0 Å². The van der Waals surface area contributed by atoms with Crippen molar-refractivity contribution in [3.05, 3.63) is 84.2 Å². The highest BCUT2D eigenvalue weighted by atomic mass is 32.2. The van der Waals surface area contributed by atoms with Gasteiger partial charge in [-0.25, -0.2) is 12.8 Å². The molecule has 0 saturated carbocycles. The van der Waals surface area contributed by atoms with Gasteiger partial charge in [0.25, 0.3) is 0 Å². The number of nitrogens with zero attached hydrogens (tertiary/aromatic N) is 2. The number of hydrogen-bond acceptors (Lipinski definition) is 4. The van der Waals surface area contributed by atoms with Crippen LogP contribution < -0.4 is 4.74 Å². The predicted octanol–water partition coefficient (Wildman–Crippen LogP) is 4.64. The van der Waals surface area contributed by atoms with Crippen molar-refractivity contribution in [2.24, 2.45) is 0 Å². The quantitative estimate of drug-likeness (QED) is 0.484. The molecule has 2 heterocycles. The molecule has 0 fully saturated rings. The Balaban J connectivity index is 1.75. The summed E-state index contributed by atoms with van der Waals surface area (Å²) in [5.74, 6) is 0.243. The first-order chi connectivity index (χ1) is 14.4. The Labute approximate surface area is 173 Å². The molecule has 0 unspecified atom stereocenters. The largest absolute Gasteiger partial charge is 0.472 e. The summed E-state index contributed by atoms with van der Waals surface area (Å²) >= 11 is 0. The van der Waals surface area contributed by atoms with Crippen LogP contribution in [0.15, 0.2) is 77.7 Å².